The number of alkyl halides is 2. The zero-order valence-corrected chi connectivity index (χ0v) is 9.97. The van der Waals surface area contributed by atoms with E-state index < -0.39 is 27.2 Å². The average molecular weight is 274 g/mol. The Labute approximate surface area is 95.8 Å². The lowest BCUT2D eigenvalue weighted by atomic mass is 10.3. The minimum atomic E-state index is -4.15. The Bertz CT molecular complexity index is 460. The fraction of sp³-hybridized carbons (Fsp3) is 0.714. The average Bonchev–Trinajstić information content (AvgIpc) is 2.47. The summed E-state index contributed by atoms with van der Waals surface area (Å²) in [6, 6.07) is 0. The van der Waals surface area contributed by atoms with Crippen molar-refractivity contribution in [3.8, 4) is 0 Å². The Morgan fingerprint density at radius 3 is 2.50 bits per heavy atom. The van der Waals surface area contributed by atoms with Gasteiger partial charge in [-0.2, -0.15) is 0 Å². The summed E-state index contributed by atoms with van der Waals surface area (Å²) in [5.41, 5.74) is 0. The van der Waals surface area contributed by atoms with Crippen molar-refractivity contribution in [2.75, 3.05) is 0 Å². The normalized spacial score (nSPS) is 12.3. The third-order valence-corrected chi connectivity index (χ3v) is 2.96. The standard InChI is InChI=1S/C7H10ClF2N3O2S/c1-2-3-6-11-12-7(16(8,14)15)13(6)4-5(9)10/h5H,2-4H2,1H3. The molecule has 1 aromatic rings. The third-order valence-electron chi connectivity index (χ3n) is 1.81. The summed E-state index contributed by atoms with van der Waals surface area (Å²) in [4.78, 5) is 0. The zero-order valence-electron chi connectivity index (χ0n) is 8.40. The van der Waals surface area contributed by atoms with Gasteiger partial charge < -0.3 is 0 Å². The molecule has 92 valence electrons. The Morgan fingerprint density at radius 2 is 2.06 bits per heavy atom. The Kier molecular flexibility index (Phi) is 4.20. The summed E-state index contributed by atoms with van der Waals surface area (Å²) in [6.45, 7) is 1.04. The quantitative estimate of drug-likeness (QED) is 0.761. The van der Waals surface area contributed by atoms with Crippen LogP contribution in [0.2, 0.25) is 0 Å². The van der Waals surface area contributed by atoms with Crippen molar-refractivity contribution in [1.82, 2.24) is 14.8 Å². The summed E-state index contributed by atoms with van der Waals surface area (Å²) >= 11 is 0. The molecule has 0 aliphatic heterocycles. The van der Waals surface area contributed by atoms with Crippen molar-refractivity contribution in [1.29, 1.82) is 0 Å². The molecule has 0 bridgehead atoms. The number of nitrogens with zero attached hydrogens (tertiary/aromatic N) is 3. The van der Waals surface area contributed by atoms with Crippen LogP contribution in [0.5, 0.6) is 0 Å². The van der Waals surface area contributed by atoms with Gasteiger partial charge >= 0.3 is 0 Å². The van der Waals surface area contributed by atoms with E-state index in [0.717, 1.165) is 4.57 Å². The number of aryl methyl sites for hydroxylation is 1. The van der Waals surface area contributed by atoms with Crippen LogP contribution in [0, 0.1) is 0 Å². The Morgan fingerprint density at radius 1 is 1.44 bits per heavy atom. The van der Waals surface area contributed by atoms with Gasteiger partial charge in [0, 0.05) is 17.1 Å². The van der Waals surface area contributed by atoms with E-state index in [-0.39, 0.29) is 5.82 Å². The molecule has 0 aliphatic carbocycles. The molecule has 0 N–H and O–H groups in total. The first-order valence-electron chi connectivity index (χ1n) is 4.51. The number of halogens is 3. The maximum atomic E-state index is 12.3. The van der Waals surface area contributed by atoms with E-state index in [4.69, 9.17) is 10.7 Å². The fourth-order valence-electron chi connectivity index (χ4n) is 1.23. The van der Waals surface area contributed by atoms with Crippen molar-refractivity contribution < 1.29 is 17.2 Å². The van der Waals surface area contributed by atoms with Gasteiger partial charge in [-0.3, -0.25) is 4.57 Å². The highest BCUT2D eigenvalue weighted by molar-refractivity contribution is 8.13. The van der Waals surface area contributed by atoms with Crippen LogP contribution in [0.3, 0.4) is 0 Å². The third kappa shape index (κ3) is 3.11. The van der Waals surface area contributed by atoms with Crippen LogP contribution in [-0.2, 0) is 22.0 Å². The topological polar surface area (TPSA) is 64.8 Å². The van der Waals surface area contributed by atoms with E-state index in [0.29, 0.717) is 12.8 Å². The van der Waals surface area contributed by atoms with Gasteiger partial charge in [0.15, 0.2) is 0 Å². The lowest BCUT2D eigenvalue weighted by molar-refractivity contribution is 0.122. The largest absolute Gasteiger partial charge is 0.296 e. The van der Waals surface area contributed by atoms with E-state index >= 15 is 0 Å². The van der Waals surface area contributed by atoms with Crippen molar-refractivity contribution in [3.05, 3.63) is 5.82 Å². The first kappa shape index (κ1) is 13.3. The van der Waals surface area contributed by atoms with Crippen molar-refractivity contribution in [2.45, 2.75) is 37.9 Å². The second kappa shape index (κ2) is 5.05. The molecule has 0 unspecified atom stereocenters. The van der Waals surface area contributed by atoms with E-state index in [2.05, 4.69) is 10.2 Å². The zero-order chi connectivity index (χ0) is 12.3. The Hall–Kier alpha value is -0.760. The number of rotatable bonds is 5. The molecule has 0 radical (unpaired) electrons. The van der Waals surface area contributed by atoms with Crippen LogP contribution >= 0.6 is 10.7 Å². The molecule has 1 heterocycles. The fourth-order valence-corrected chi connectivity index (χ4v) is 2.15. The molecule has 1 rings (SSSR count). The molecule has 0 atom stereocenters. The Balaban J connectivity index is 3.19. The maximum Gasteiger partial charge on any atom is 0.296 e. The van der Waals surface area contributed by atoms with E-state index in [1.807, 2.05) is 6.92 Å². The molecule has 0 fully saturated rings. The molecular weight excluding hydrogens is 264 g/mol. The highest BCUT2D eigenvalue weighted by Gasteiger charge is 2.24. The van der Waals surface area contributed by atoms with Gasteiger partial charge in [0.1, 0.15) is 5.82 Å². The van der Waals surface area contributed by atoms with Gasteiger partial charge in [-0.15, -0.1) is 10.2 Å². The van der Waals surface area contributed by atoms with E-state index in [1.165, 1.54) is 0 Å². The van der Waals surface area contributed by atoms with Gasteiger partial charge in [0.05, 0.1) is 6.54 Å². The molecule has 0 amide bonds. The van der Waals surface area contributed by atoms with Crippen LogP contribution in [0.4, 0.5) is 8.78 Å². The second-order valence-corrected chi connectivity index (χ2v) is 5.55. The summed E-state index contributed by atoms with van der Waals surface area (Å²) < 4.78 is 47.5. The summed E-state index contributed by atoms with van der Waals surface area (Å²) in [7, 11) is 0.916. The molecule has 5 nitrogen and oxygen atoms in total. The molecule has 0 saturated carbocycles. The smallest absolute Gasteiger partial charge is 0.295 e. The number of hydrogen-bond donors (Lipinski definition) is 0. The molecule has 1 aromatic heterocycles. The van der Waals surface area contributed by atoms with Crippen LogP contribution in [-0.4, -0.2) is 29.6 Å². The van der Waals surface area contributed by atoms with Crippen LogP contribution in [0.15, 0.2) is 5.16 Å². The van der Waals surface area contributed by atoms with Gasteiger partial charge in [0.2, 0.25) is 0 Å². The second-order valence-electron chi connectivity index (χ2n) is 3.09. The molecule has 16 heavy (non-hydrogen) atoms. The highest BCUT2D eigenvalue weighted by Crippen LogP contribution is 2.16. The van der Waals surface area contributed by atoms with Crippen molar-refractivity contribution in [3.63, 3.8) is 0 Å². The lowest BCUT2D eigenvalue weighted by Gasteiger charge is -2.06. The van der Waals surface area contributed by atoms with Gasteiger partial charge in [0.25, 0.3) is 20.6 Å². The van der Waals surface area contributed by atoms with Gasteiger partial charge in [-0.05, 0) is 6.42 Å². The SMILES string of the molecule is CCCc1nnc(S(=O)(=O)Cl)n1CC(F)F. The van der Waals surface area contributed by atoms with Crippen molar-refractivity contribution in [2.24, 2.45) is 0 Å². The molecule has 0 aliphatic rings. The van der Waals surface area contributed by atoms with Crippen LogP contribution in [0.25, 0.3) is 0 Å². The summed E-state index contributed by atoms with van der Waals surface area (Å²) in [6.07, 6.45) is -1.68. The predicted octanol–water partition coefficient (Wildman–Crippen LogP) is 1.42. The summed E-state index contributed by atoms with van der Waals surface area (Å²) in [5, 5.41) is 6.23. The van der Waals surface area contributed by atoms with E-state index in [9.17, 15) is 17.2 Å². The molecular formula is C7H10ClF2N3O2S. The minimum Gasteiger partial charge on any atom is -0.295 e. The molecule has 0 saturated heterocycles. The lowest BCUT2D eigenvalue weighted by Crippen LogP contribution is -2.14. The van der Waals surface area contributed by atoms with Crippen molar-refractivity contribution >= 4 is 19.7 Å². The van der Waals surface area contributed by atoms with Crippen LogP contribution < -0.4 is 0 Å². The first-order chi connectivity index (χ1) is 7.36. The number of hydrogen-bond acceptors (Lipinski definition) is 4. The van der Waals surface area contributed by atoms with Crippen LogP contribution in [0.1, 0.15) is 19.2 Å². The van der Waals surface area contributed by atoms with E-state index in [1.54, 1.807) is 0 Å². The summed E-state index contributed by atoms with van der Waals surface area (Å²) in [5.74, 6) is 0.196. The van der Waals surface area contributed by atoms with Gasteiger partial charge in [-0.25, -0.2) is 17.2 Å². The number of aromatic nitrogens is 3. The minimum absolute atomic E-state index is 0.196. The maximum absolute atomic E-state index is 12.3. The highest BCUT2D eigenvalue weighted by atomic mass is 35.7. The first-order valence-corrected chi connectivity index (χ1v) is 6.82. The molecule has 0 spiro atoms. The molecule has 0 aromatic carbocycles. The predicted molar refractivity (Wildman–Crippen MR) is 53.1 cm³/mol. The monoisotopic (exact) mass is 273 g/mol. The van der Waals surface area contributed by atoms with Gasteiger partial charge in [-0.1, -0.05) is 6.92 Å². The molecule has 9 heteroatoms.